The fourth-order valence-electron chi connectivity index (χ4n) is 1.98. The topological polar surface area (TPSA) is 52.3 Å². The molecular formula is C16H12ClNO3. The van der Waals surface area contributed by atoms with Gasteiger partial charge in [-0.2, -0.15) is 0 Å². The highest BCUT2D eigenvalue weighted by molar-refractivity contribution is 6.29. The number of carbonyl (C=O) groups excluding carboxylic acids is 1. The van der Waals surface area contributed by atoms with Crippen LogP contribution in [0.2, 0.25) is 0 Å². The van der Waals surface area contributed by atoms with Crippen molar-refractivity contribution >= 4 is 28.5 Å². The number of hydrogen-bond donors (Lipinski definition) is 0. The molecule has 0 saturated heterocycles. The van der Waals surface area contributed by atoms with Gasteiger partial charge < -0.3 is 9.26 Å². The minimum atomic E-state index is -0.699. The van der Waals surface area contributed by atoms with Crippen LogP contribution in [0.5, 0.6) is 5.75 Å². The summed E-state index contributed by atoms with van der Waals surface area (Å²) in [7, 11) is 0. The molecule has 0 saturated carbocycles. The average molecular weight is 302 g/mol. The summed E-state index contributed by atoms with van der Waals surface area (Å²) >= 11 is 5.67. The van der Waals surface area contributed by atoms with Crippen LogP contribution in [0.15, 0.2) is 53.1 Å². The quantitative estimate of drug-likeness (QED) is 0.416. The van der Waals surface area contributed by atoms with Gasteiger partial charge in [0, 0.05) is 17.0 Å². The fourth-order valence-corrected chi connectivity index (χ4v) is 2.03. The maximum Gasteiger partial charge on any atom is 0.329 e. The predicted molar refractivity (Wildman–Crippen MR) is 80.4 cm³/mol. The third-order valence-corrected chi connectivity index (χ3v) is 3.21. The van der Waals surface area contributed by atoms with E-state index < -0.39 is 11.3 Å². The van der Waals surface area contributed by atoms with Gasteiger partial charge >= 0.3 is 5.97 Å². The highest BCUT2D eigenvalue weighted by Gasteiger charge is 2.15. The van der Waals surface area contributed by atoms with E-state index >= 15 is 0 Å². The van der Waals surface area contributed by atoms with Crippen LogP contribution in [0.4, 0.5) is 0 Å². The molecule has 1 aromatic heterocycles. The van der Waals surface area contributed by atoms with E-state index in [0.29, 0.717) is 11.3 Å². The summed E-state index contributed by atoms with van der Waals surface area (Å²) in [4.78, 5) is 11.5. The summed E-state index contributed by atoms with van der Waals surface area (Å²) in [5.41, 5.74) is 2.28. The van der Waals surface area contributed by atoms with Gasteiger partial charge in [0.05, 0.1) is 0 Å². The number of ether oxygens (including phenoxy) is 1. The summed E-state index contributed by atoms with van der Waals surface area (Å²) in [6.07, 6.45) is 0. The first-order valence-electron chi connectivity index (χ1n) is 6.46. The van der Waals surface area contributed by atoms with Crippen molar-refractivity contribution in [3.63, 3.8) is 0 Å². The summed E-state index contributed by atoms with van der Waals surface area (Å²) in [6.45, 7) is 1.56. The lowest BCUT2D eigenvalue weighted by Crippen LogP contribution is -2.17. The summed E-state index contributed by atoms with van der Waals surface area (Å²) < 4.78 is 10.5. The average Bonchev–Trinajstić information content (AvgIpc) is 2.91. The first-order chi connectivity index (χ1) is 10.1. The molecule has 0 aliphatic heterocycles. The van der Waals surface area contributed by atoms with Crippen molar-refractivity contribution in [2.45, 2.75) is 12.3 Å². The van der Waals surface area contributed by atoms with Gasteiger partial charge in [0.25, 0.3) is 0 Å². The van der Waals surface area contributed by atoms with Gasteiger partial charge in [-0.3, -0.25) is 4.79 Å². The lowest BCUT2D eigenvalue weighted by Gasteiger charge is -2.04. The maximum atomic E-state index is 11.5. The normalized spacial score (nSPS) is 12.3. The number of fused-ring (bicyclic) bond motifs is 1. The van der Waals surface area contributed by atoms with E-state index in [9.17, 15) is 4.79 Å². The standard InChI is InChI=1S/C16H12ClNO3/c1-10(17)16(19)20-12-7-8-13-14(9-12)21-18-15(13)11-5-3-2-4-6-11/h2-10H,1H3. The Morgan fingerprint density at radius 2 is 2.00 bits per heavy atom. The van der Waals surface area contributed by atoms with Gasteiger partial charge in [-0.1, -0.05) is 35.5 Å². The SMILES string of the molecule is CC(Cl)C(=O)Oc1ccc2c(-c3ccccc3)noc2c1. The van der Waals surface area contributed by atoms with Crippen molar-refractivity contribution in [2.24, 2.45) is 0 Å². The van der Waals surface area contributed by atoms with Crippen LogP contribution >= 0.6 is 11.6 Å². The first kappa shape index (κ1) is 13.6. The largest absolute Gasteiger partial charge is 0.425 e. The molecule has 3 aromatic rings. The fraction of sp³-hybridized carbons (Fsp3) is 0.125. The third kappa shape index (κ3) is 2.76. The summed E-state index contributed by atoms with van der Waals surface area (Å²) in [5.74, 6) is -0.116. The number of alkyl halides is 1. The van der Waals surface area contributed by atoms with E-state index in [1.165, 1.54) is 0 Å². The summed E-state index contributed by atoms with van der Waals surface area (Å²) in [5, 5.41) is 4.24. The van der Waals surface area contributed by atoms with Gasteiger partial charge in [0.15, 0.2) is 5.58 Å². The Morgan fingerprint density at radius 1 is 1.24 bits per heavy atom. The Hall–Kier alpha value is -2.33. The molecule has 0 aliphatic carbocycles. The second-order valence-electron chi connectivity index (χ2n) is 4.59. The molecule has 0 bridgehead atoms. The first-order valence-corrected chi connectivity index (χ1v) is 6.89. The van der Waals surface area contributed by atoms with E-state index in [2.05, 4.69) is 5.16 Å². The number of aromatic nitrogens is 1. The van der Waals surface area contributed by atoms with E-state index in [0.717, 1.165) is 16.6 Å². The molecule has 0 amide bonds. The van der Waals surface area contributed by atoms with Crippen LogP contribution in [0.1, 0.15) is 6.92 Å². The number of benzene rings is 2. The highest BCUT2D eigenvalue weighted by atomic mass is 35.5. The Balaban J connectivity index is 1.97. The molecule has 0 N–H and O–H groups in total. The number of esters is 1. The zero-order valence-corrected chi connectivity index (χ0v) is 12.0. The molecule has 4 nitrogen and oxygen atoms in total. The molecule has 0 aliphatic rings. The second kappa shape index (κ2) is 5.58. The molecular weight excluding hydrogens is 290 g/mol. The van der Waals surface area contributed by atoms with Crippen molar-refractivity contribution in [1.29, 1.82) is 0 Å². The van der Waals surface area contributed by atoms with Gasteiger partial charge in [-0.15, -0.1) is 11.6 Å². The predicted octanol–water partition coefficient (Wildman–Crippen LogP) is 4.03. The molecule has 1 heterocycles. The van der Waals surface area contributed by atoms with Crippen molar-refractivity contribution in [3.05, 3.63) is 48.5 Å². The van der Waals surface area contributed by atoms with Gasteiger partial charge in [0.2, 0.25) is 0 Å². The lowest BCUT2D eigenvalue weighted by molar-refractivity contribution is -0.133. The van der Waals surface area contributed by atoms with E-state index in [-0.39, 0.29) is 0 Å². The number of rotatable bonds is 3. The van der Waals surface area contributed by atoms with Crippen LogP contribution in [0.25, 0.3) is 22.2 Å². The minimum absolute atomic E-state index is 0.385. The zero-order valence-electron chi connectivity index (χ0n) is 11.2. The summed E-state index contributed by atoms with van der Waals surface area (Å²) in [6, 6.07) is 14.9. The molecule has 0 spiro atoms. The maximum absolute atomic E-state index is 11.5. The van der Waals surface area contributed by atoms with Crippen LogP contribution in [-0.4, -0.2) is 16.5 Å². The third-order valence-electron chi connectivity index (χ3n) is 3.03. The van der Waals surface area contributed by atoms with Gasteiger partial charge in [-0.05, 0) is 19.1 Å². The Kier molecular flexibility index (Phi) is 3.62. The second-order valence-corrected chi connectivity index (χ2v) is 5.25. The molecule has 3 rings (SSSR count). The van der Waals surface area contributed by atoms with E-state index in [1.54, 1.807) is 19.1 Å². The molecule has 0 fully saturated rings. The Morgan fingerprint density at radius 3 is 2.71 bits per heavy atom. The highest BCUT2D eigenvalue weighted by Crippen LogP contribution is 2.30. The van der Waals surface area contributed by atoms with Crippen molar-refractivity contribution in [1.82, 2.24) is 5.16 Å². The molecule has 106 valence electrons. The molecule has 21 heavy (non-hydrogen) atoms. The van der Waals surface area contributed by atoms with Crippen LogP contribution in [0, 0.1) is 0 Å². The van der Waals surface area contributed by atoms with Crippen LogP contribution in [0.3, 0.4) is 0 Å². The molecule has 2 aromatic carbocycles. The van der Waals surface area contributed by atoms with Crippen LogP contribution < -0.4 is 4.74 Å². The van der Waals surface area contributed by atoms with Crippen molar-refractivity contribution in [3.8, 4) is 17.0 Å². The monoisotopic (exact) mass is 301 g/mol. The number of halogens is 1. The van der Waals surface area contributed by atoms with Crippen molar-refractivity contribution in [2.75, 3.05) is 0 Å². The number of nitrogens with zero attached hydrogens (tertiary/aromatic N) is 1. The van der Waals surface area contributed by atoms with Gasteiger partial charge in [-0.25, -0.2) is 0 Å². The molecule has 1 atom stereocenters. The molecule has 1 unspecified atom stereocenters. The van der Waals surface area contributed by atoms with E-state index in [4.69, 9.17) is 20.9 Å². The van der Waals surface area contributed by atoms with E-state index in [1.807, 2.05) is 36.4 Å². The number of hydrogen-bond acceptors (Lipinski definition) is 4. The Bertz CT molecular complexity index is 781. The number of carbonyl (C=O) groups is 1. The minimum Gasteiger partial charge on any atom is -0.425 e. The molecule has 0 radical (unpaired) electrons. The van der Waals surface area contributed by atoms with Crippen molar-refractivity contribution < 1.29 is 14.1 Å². The Labute approximate surface area is 126 Å². The zero-order chi connectivity index (χ0) is 14.8. The smallest absolute Gasteiger partial charge is 0.329 e. The molecule has 5 heteroatoms. The lowest BCUT2D eigenvalue weighted by atomic mass is 10.1. The van der Waals surface area contributed by atoms with Gasteiger partial charge in [0.1, 0.15) is 16.8 Å². The van der Waals surface area contributed by atoms with Crippen LogP contribution in [-0.2, 0) is 4.79 Å².